The number of rotatable bonds is 5. The zero-order valence-electron chi connectivity index (χ0n) is 15.8. The lowest BCUT2D eigenvalue weighted by Crippen LogP contribution is -2.42. The summed E-state index contributed by atoms with van der Waals surface area (Å²) < 4.78 is 27.6. The summed E-state index contributed by atoms with van der Waals surface area (Å²) in [7, 11) is -3.59. The molecule has 1 heterocycles. The second-order valence-corrected chi connectivity index (χ2v) is 8.98. The Labute approximate surface area is 161 Å². The lowest BCUT2D eigenvalue weighted by atomic mass is 10.1. The van der Waals surface area contributed by atoms with E-state index in [-0.39, 0.29) is 22.9 Å². The first kappa shape index (κ1) is 19.6. The zero-order valence-corrected chi connectivity index (χ0v) is 16.6. The van der Waals surface area contributed by atoms with Gasteiger partial charge in [-0.25, -0.2) is 8.42 Å². The third-order valence-electron chi connectivity index (χ3n) is 5.09. The summed E-state index contributed by atoms with van der Waals surface area (Å²) in [4.78, 5) is 12.8. The summed E-state index contributed by atoms with van der Waals surface area (Å²) in [6, 6.07) is 15.8. The maximum atomic E-state index is 13.0. The summed E-state index contributed by atoms with van der Waals surface area (Å²) in [5.74, 6) is -0.282. The molecule has 0 radical (unpaired) electrons. The second-order valence-electron chi connectivity index (χ2n) is 7.09. The Morgan fingerprint density at radius 3 is 2.56 bits per heavy atom. The Hall–Kier alpha value is -2.18. The Morgan fingerprint density at radius 2 is 1.85 bits per heavy atom. The zero-order chi connectivity index (χ0) is 19.4. The van der Waals surface area contributed by atoms with E-state index in [0.29, 0.717) is 12.1 Å². The molecule has 0 aliphatic carbocycles. The quantitative estimate of drug-likeness (QED) is 0.851. The van der Waals surface area contributed by atoms with Gasteiger partial charge in [0.15, 0.2) is 0 Å². The van der Waals surface area contributed by atoms with Crippen LogP contribution in [0.15, 0.2) is 59.5 Å². The highest BCUT2D eigenvalue weighted by Crippen LogP contribution is 2.25. The first-order valence-corrected chi connectivity index (χ1v) is 10.8. The molecule has 6 heteroatoms. The van der Waals surface area contributed by atoms with E-state index in [1.54, 1.807) is 22.5 Å². The van der Waals surface area contributed by atoms with Crippen molar-refractivity contribution in [3.63, 3.8) is 0 Å². The van der Waals surface area contributed by atoms with Crippen molar-refractivity contribution in [1.29, 1.82) is 0 Å². The first-order valence-electron chi connectivity index (χ1n) is 9.37. The van der Waals surface area contributed by atoms with Crippen molar-refractivity contribution in [3.05, 3.63) is 65.7 Å². The highest BCUT2D eigenvalue weighted by molar-refractivity contribution is 7.89. The lowest BCUT2D eigenvalue weighted by Gasteiger charge is -2.32. The number of nitrogens with one attached hydrogen (secondary N) is 1. The van der Waals surface area contributed by atoms with E-state index in [0.717, 1.165) is 24.8 Å². The SMILES string of the molecule is C[C@@H](NC(=O)c1cccc(S(=O)(=O)N2CCCC[C@@H]2C)c1)c1ccccc1. The Kier molecular flexibility index (Phi) is 5.97. The van der Waals surface area contributed by atoms with Gasteiger partial charge in [-0.1, -0.05) is 42.8 Å². The van der Waals surface area contributed by atoms with Crippen LogP contribution in [0.25, 0.3) is 0 Å². The largest absolute Gasteiger partial charge is 0.346 e. The van der Waals surface area contributed by atoms with E-state index >= 15 is 0 Å². The summed E-state index contributed by atoms with van der Waals surface area (Å²) in [6.45, 7) is 4.38. The van der Waals surface area contributed by atoms with Crippen LogP contribution in [0, 0.1) is 0 Å². The predicted octanol–water partition coefficient (Wildman–Crippen LogP) is 3.74. The molecule has 1 fully saturated rings. The van der Waals surface area contributed by atoms with Gasteiger partial charge in [0.1, 0.15) is 0 Å². The van der Waals surface area contributed by atoms with E-state index in [9.17, 15) is 13.2 Å². The summed E-state index contributed by atoms with van der Waals surface area (Å²) >= 11 is 0. The fourth-order valence-electron chi connectivity index (χ4n) is 3.47. The van der Waals surface area contributed by atoms with Crippen LogP contribution in [-0.2, 0) is 10.0 Å². The fourth-order valence-corrected chi connectivity index (χ4v) is 5.21. The molecule has 1 aliphatic heterocycles. The maximum Gasteiger partial charge on any atom is 0.251 e. The van der Waals surface area contributed by atoms with Gasteiger partial charge < -0.3 is 5.32 Å². The van der Waals surface area contributed by atoms with Crippen molar-refractivity contribution in [2.75, 3.05) is 6.54 Å². The Balaban J connectivity index is 1.79. The van der Waals surface area contributed by atoms with E-state index in [1.165, 1.54) is 6.07 Å². The molecule has 1 saturated heterocycles. The summed E-state index contributed by atoms with van der Waals surface area (Å²) in [6.07, 6.45) is 2.79. The third-order valence-corrected chi connectivity index (χ3v) is 7.10. The summed E-state index contributed by atoms with van der Waals surface area (Å²) in [5.41, 5.74) is 1.35. The molecule has 144 valence electrons. The normalized spacial score (nSPS) is 19.4. The van der Waals surface area contributed by atoms with E-state index in [2.05, 4.69) is 5.32 Å². The van der Waals surface area contributed by atoms with Gasteiger partial charge in [0.2, 0.25) is 10.0 Å². The molecule has 0 aromatic heterocycles. The van der Waals surface area contributed by atoms with Gasteiger partial charge in [-0.05, 0) is 50.5 Å². The average Bonchev–Trinajstić information content (AvgIpc) is 2.69. The van der Waals surface area contributed by atoms with Gasteiger partial charge in [0.25, 0.3) is 5.91 Å². The maximum absolute atomic E-state index is 13.0. The topological polar surface area (TPSA) is 66.5 Å². The standard InChI is InChI=1S/C21H26N2O3S/c1-16-9-6-7-14-23(16)27(25,26)20-13-8-12-19(15-20)21(24)22-17(2)18-10-4-3-5-11-18/h3-5,8,10-13,15-17H,6-7,9,14H2,1-2H3,(H,22,24)/t16-,17+/m0/s1. The molecule has 5 nitrogen and oxygen atoms in total. The fraction of sp³-hybridized carbons (Fsp3) is 0.381. The third kappa shape index (κ3) is 4.39. The van der Waals surface area contributed by atoms with Crippen LogP contribution in [0.4, 0.5) is 0 Å². The molecule has 2 atom stereocenters. The van der Waals surface area contributed by atoms with Crippen LogP contribution in [0.2, 0.25) is 0 Å². The Morgan fingerprint density at radius 1 is 1.11 bits per heavy atom. The number of sulfonamides is 1. The van der Waals surface area contributed by atoms with Crippen molar-refractivity contribution < 1.29 is 13.2 Å². The van der Waals surface area contributed by atoms with Gasteiger partial charge in [-0.2, -0.15) is 4.31 Å². The number of piperidine rings is 1. The number of carbonyl (C=O) groups is 1. The minimum Gasteiger partial charge on any atom is -0.346 e. The number of benzene rings is 2. The smallest absolute Gasteiger partial charge is 0.251 e. The number of hydrogen-bond acceptors (Lipinski definition) is 3. The monoisotopic (exact) mass is 386 g/mol. The molecule has 2 aromatic carbocycles. The highest BCUT2D eigenvalue weighted by Gasteiger charge is 2.31. The second kappa shape index (κ2) is 8.23. The minimum absolute atomic E-state index is 0.0145. The number of nitrogens with zero attached hydrogens (tertiary/aromatic N) is 1. The van der Waals surface area contributed by atoms with Gasteiger partial charge in [-0.15, -0.1) is 0 Å². The molecule has 0 bridgehead atoms. The molecule has 1 aliphatic rings. The molecule has 2 aromatic rings. The van der Waals surface area contributed by atoms with Gasteiger partial charge >= 0.3 is 0 Å². The van der Waals surface area contributed by atoms with Crippen LogP contribution >= 0.6 is 0 Å². The summed E-state index contributed by atoms with van der Waals surface area (Å²) in [5, 5.41) is 2.93. The number of carbonyl (C=O) groups excluding carboxylic acids is 1. The molecule has 0 unspecified atom stereocenters. The highest BCUT2D eigenvalue weighted by atomic mass is 32.2. The first-order chi connectivity index (χ1) is 12.9. The number of hydrogen-bond donors (Lipinski definition) is 1. The van der Waals surface area contributed by atoms with Crippen molar-refractivity contribution in [2.24, 2.45) is 0 Å². The molecular weight excluding hydrogens is 360 g/mol. The minimum atomic E-state index is -3.59. The van der Waals surface area contributed by atoms with Crippen LogP contribution < -0.4 is 5.32 Å². The number of amides is 1. The van der Waals surface area contributed by atoms with E-state index in [1.807, 2.05) is 44.2 Å². The van der Waals surface area contributed by atoms with Crippen molar-refractivity contribution in [2.45, 2.75) is 50.1 Å². The Bertz CT molecular complexity index is 897. The molecule has 0 saturated carbocycles. The lowest BCUT2D eigenvalue weighted by molar-refractivity contribution is 0.0939. The van der Waals surface area contributed by atoms with E-state index in [4.69, 9.17) is 0 Å². The molecular formula is C21H26N2O3S. The predicted molar refractivity (Wildman–Crippen MR) is 106 cm³/mol. The van der Waals surface area contributed by atoms with Crippen molar-refractivity contribution >= 4 is 15.9 Å². The molecule has 1 amide bonds. The van der Waals surface area contributed by atoms with Gasteiger partial charge in [0.05, 0.1) is 10.9 Å². The van der Waals surface area contributed by atoms with Crippen LogP contribution in [0.5, 0.6) is 0 Å². The van der Waals surface area contributed by atoms with Crippen LogP contribution in [0.3, 0.4) is 0 Å². The van der Waals surface area contributed by atoms with Crippen molar-refractivity contribution in [1.82, 2.24) is 9.62 Å². The molecule has 27 heavy (non-hydrogen) atoms. The average molecular weight is 387 g/mol. The van der Waals surface area contributed by atoms with Gasteiger partial charge in [0, 0.05) is 18.2 Å². The molecule has 0 spiro atoms. The van der Waals surface area contributed by atoms with E-state index < -0.39 is 10.0 Å². The van der Waals surface area contributed by atoms with Gasteiger partial charge in [-0.3, -0.25) is 4.79 Å². The van der Waals surface area contributed by atoms with Crippen LogP contribution in [0.1, 0.15) is 55.1 Å². The molecule has 1 N–H and O–H groups in total. The molecule has 3 rings (SSSR count). The van der Waals surface area contributed by atoms with Crippen molar-refractivity contribution in [3.8, 4) is 0 Å². The van der Waals surface area contributed by atoms with Crippen LogP contribution in [-0.4, -0.2) is 31.2 Å².